The van der Waals surface area contributed by atoms with Crippen LogP contribution in [0, 0.1) is 0 Å². The van der Waals surface area contributed by atoms with E-state index in [0.717, 1.165) is 43.8 Å². The van der Waals surface area contributed by atoms with Crippen LogP contribution in [0.4, 0.5) is 10.5 Å². The Morgan fingerprint density at radius 2 is 1.84 bits per heavy atom. The van der Waals surface area contributed by atoms with Crippen molar-refractivity contribution in [2.24, 2.45) is 0 Å². The summed E-state index contributed by atoms with van der Waals surface area (Å²) in [5.74, 6) is -0.00967. The van der Waals surface area contributed by atoms with Crippen molar-refractivity contribution in [3.8, 4) is 0 Å². The predicted octanol–water partition coefficient (Wildman–Crippen LogP) is 3.31. The molecular weight excluding hydrogens is 318 g/mol. The maximum atomic E-state index is 12.4. The van der Waals surface area contributed by atoms with Crippen LogP contribution in [-0.4, -0.2) is 42.6 Å². The van der Waals surface area contributed by atoms with E-state index >= 15 is 0 Å². The second-order valence-electron chi connectivity index (χ2n) is 6.34. The van der Waals surface area contributed by atoms with Crippen molar-refractivity contribution in [3.05, 3.63) is 29.8 Å². The minimum Gasteiger partial charge on any atom is -0.378 e. The predicted molar refractivity (Wildman–Crippen MR) is 98.5 cm³/mol. The van der Waals surface area contributed by atoms with Crippen LogP contribution < -0.4 is 10.6 Å². The molecule has 0 bridgehead atoms. The van der Waals surface area contributed by atoms with Crippen LogP contribution in [0.5, 0.6) is 0 Å². The van der Waals surface area contributed by atoms with E-state index < -0.39 is 0 Å². The zero-order chi connectivity index (χ0) is 18.2. The van der Waals surface area contributed by atoms with Crippen molar-refractivity contribution >= 4 is 17.6 Å². The number of piperidine rings is 1. The zero-order valence-electron chi connectivity index (χ0n) is 15.4. The fourth-order valence-electron chi connectivity index (χ4n) is 2.93. The molecule has 138 valence electrons. The van der Waals surface area contributed by atoms with Crippen LogP contribution in [0.15, 0.2) is 24.3 Å². The van der Waals surface area contributed by atoms with Gasteiger partial charge in [0, 0.05) is 31.8 Å². The lowest BCUT2D eigenvalue weighted by Crippen LogP contribution is -2.46. The number of hydrogen-bond donors (Lipinski definition) is 2. The van der Waals surface area contributed by atoms with Crippen LogP contribution in [0.1, 0.15) is 51.6 Å². The van der Waals surface area contributed by atoms with E-state index in [2.05, 4.69) is 10.6 Å². The molecule has 2 rings (SSSR count). The van der Waals surface area contributed by atoms with Gasteiger partial charge in [-0.25, -0.2) is 4.79 Å². The van der Waals surface area contributed by atoms with Crippen LogP contribution in [0.3, 0.4) is 0 Å². The number of nitrogens with zero attached hydrogens (tertiary/aromatic N) is 1. The summed E-state index contributed by atoms with van der Waals surface area (Å²) in [6.07, 6.45) is 2.51. The Kier molecular flexibility index (Phi) is 7.25. The highest BCUT2D eigenvalue weighted by Crippen LogP contribution is 2.18. The lowest BCUT2D eigenvalue weighted by atomic mass is 10.1. The van der Waals surface area contributed by atoms with Crippen LogP contribution in [-0.2, 0) is 9.53 Å². The second kappa shape index (κ2) is 9.42. The van der Waals surface area contributed by atoms with Gasteiger partial charge in [-0.2, -0.15) is 0 Å². The highest BCUT2D eigenvalue weighted by Gasteiger charge is 2.23. The van der Waals surface area contributed by atoms with Gasteiger partial charge in [0.1, 0.15) is 0 Å². The van der Waals surface area contributed by atoms with Crippen molar-refractivity contribution in [2.75, 3.05) is 25.0 Å². The first kappa shape index (κ1) is 19.2. The van der Waals surface area contributed by atoms with E-state index in [1.165, 1.54) is 0 Å². The van der Waals surface area contributed by atoms with Gasteiger partial charge >= 0.3 is 6.03 Å². The van der Waals surface area contributed by atoms with Crippen molar-refractivity contribution in [1.82, 2.24) is 10.2 Å². The van der Waals surface area contributed by atoms with E-state index in [1.807, 2.05) is 49.9 Å². The molecular formula is C19H29N3O3. The summed E-state index contributed by atoms with van der Waals surface area (Å²) in [7, 11) is 0. The van der Waals surface area contributed by atoms with Gasteiger partial charge in [0.15, 0.2) is 0 Å². The van der Waals surface area contributed by atoms with Crippen LogP contribution in [0.2, 0.25) is 0 Å². The highest BCUT2D eigenvalue weighted by molar-refractivity contribution is 5.90. The second-order valence-corrected chi connectivity index (χ2v) is 6.34. The number of ether oxygens (including phenoxy) is 1. The molecule has 3 amide bonds. The number of nitrogens with one attached hydrogen (secondary N) is 2. The lowest BCUT2D eigenvalue weighted by Gasteiger charge is -2.32. The van der Waals surface area contributed by atoms with Gasteiger partial charge in [-0.3, -0.25) is 4.79 Å². The molecule has 1 atom stereocenters. The molecule has 1 aromatic rings. The summed E-state index contributed by atoms with van der Waals surface area (Å²) < 4.78 is 5.62. The van der Waals surface area contributed by atoms with Gasteiger partial charge in [-0.05, 0) is 44.4 Å². The number of benzene rings is 1. The minimum atomic E-state index is -0.0898. The van der Waals surface area contributed by atoms with E-state index in [-0.39, 0.29) is 24.1 Å². The summed E-state index contributed by atoms with van der Waals surface area (Å²) in [5, 5.41) is 5.86. The topological polar surface area (TPSA) is 70.7 Å². The van der Waals surface area contributed by atoms with E-state index in [0.29, 0.717) is 6.42 Å². The Bertz CT molecular complexity index is 566. The first-order valence-corrected chi connectivity index (χ1v) is 9.10. The summed E-state index contributed by atoms with van der Waals surface area (Å²) in [6, 6.07) is 7.45. The number of rotatable bonds is 6. The van der Waals surface area contributed by atoms with Crippen molar-refractivity contribution in [3.63, 3.8) is 0 Å². The molecule has 2 N–H and O–H groups in total. The van der Waals surface area contributed by atoms with Gasteiger partial charge in [0.25, 0.3) is 0 Å². The maximum absolute atomic E-state index is 12.4. The van der Waals surface area contributed by atoms with Gasteiger partial charge in [-0.15, -0.1) is 0 Å². The Hall–Kier alpha value is -2.08. The first-order chi connectivity index (χ1) is 12.0. The third kappa shape index (κ3) is 5.74. The van der Waals surface area contributed by atoms with Gasteiger partial charge < -0.3 is 20.3 Å². The number of carbonyl (C=O) groups excluding carboxylic acids is 2. The third-order valence-electron chi connectivity index (χ3n) is 4.49. The Labute approximate surface area is 149 Å². The molecule has 1 aliphatic heterocycles. The first-order valence-electron chi connectivity index (χ1n) is 9.10. The minimum absolute atomic E-state index is 0.00967. The number of carbonyl (C=O) groups is 2. The normalized spacial score (nSPS) is 16.4. The fourth-order valence-corrected chi connectivity index (χ4v) is 2.93. The average molecular weight is 347 g/mol. The highest BCUT2D eigenvalue weighted by atomic mass is 16.5. The molecule has 1 heterocycles. The fraction of sp³-hybridized carbons (Fsp3) is 0.579. The molecule has 0 aliphatic carbocycles. The quantitative estimate of drug-likeness (QED) is 0.829. The van der Waals surface area contributed by atoms with Crippen molar-refractivity contribution in [2.45, 2.75) is 52.2 Å². The number of anilines is 1. The number of urea groups is 1. The standard InChI is InChI=1S/C19H29N3O3/c1-4-18(23)21-16-8-6-15(7-9-16)14(3)20-19(24)22-12-10-17(11-13-22)25-5-2/h6-9,14,17H,4-5,10-13H2,1-3H3,(H,20,24)(H,21,23). The Morgan fingerprint density at radius 3 is 2.40 bits per heavy atom. The van der Waals surface area contributed by atoms with Crippen molar-refractivity contribution in [1.29, 1.82) is 0 Å². The molecule has 1 fully saturated rings. The van der Waals surface area contributed by atoms with Crippen LogP contribution in [0.25, 0.3) is 0 Å². The summed E-state index contributed by atoms with van der Waals surface area (Å²) in [5.41, 5.74) is 1.78. The Balaban J connectivity index is 1.83. The lowest BCUT2D eigenvalue weighted by molar-refractivity contribution is -0.115. The monoisotopic (exact) mass is 347 g/mol. The largest absolute Gasteiger partial charge is 0.378 e. The number of likely N-dealkylation sites (tertiary alicyclic amines) is 1. The summed E-state index contributed by atoms with van der Waals surface area (Å²) in [4.78, 5) is 25.7. The number of hydrogen-bond acceptors (Lipinski definition) is 3. The number of amides is 3. The van der Waals surface area contributed by atoms with E-state index in [9.17, 15) is 9.59 Å². The van der Waals surface area contributed by atoms with Crippen molar-refractivity contribution < 1.29 is 14.3 Å². The molecule has 6 nitrogen and oxygen atoms in total. The molecule has 0 aromatic heterocycles. The molecule has 1 unspecified atom stereocenters. The van der Waals surface area contributed by atoms with Gasteiger partial charge in [0.2, 0.25) is 5.91 Å². The molecule has 0 saturated carbocycles. The van der Waals surface area contributed by atoms with E-state index in [4.69, 9.17) is 4.74 Å². The summed E-state index contributed by atoms with van der Waals surface area (Å²) >= 11 is 0. The Morgan fingerprint density at radius 1 is 1.20 bits per heavy atom. The average Bonchev–Trinajstić information content (AvgIpc) is 2.63. The van der Waals surface area contributed by atoms with Gasteiger partial charge in [0.05, 0.1) is 12.1 Å². The smallest absolute Gasteiger partial charge is 0.317 e. The SMILES string of the molecule is CCOC1CCN(C(=O)NC(C)c2ccc(NC(=O)CC)cc2)CC1. The zero-order valence-corrected chi connectivity index (χ0v) is 15.4. The van der Waals surface area contributed by atoms with E-state index in [1.54, 1.807) is 0 Å². The molecule has 6 heteroatoms. The molecule has 0 spiro atoms. The summed E-state index contributed by atoms with van der Waals surface area (Å²) in [6.45, 7) is 7.96. The molecule has 1 saturated heterocycles. The third-order valence-corrected chi connectivity index (χ3v) is 4.49. The molecule has 1 aliphatic rings. The molecule has 25 heavy (non-hydrogen) atoms. The van der Waals surface area contributed by atoms with Crippen LogP contribution >= 0.6 is 0 Å². The molecule has 1 aromatic carbocycles. The molecule has 0 radical (unpaired) electrons. The maximum Gasteiger partial charge on any atom is 0.317 e. The van der Waals surface area contributed by atoms with Gasteiger partial charge in [-0.1, -0.05) is 19.1 Å².